The number of fused-ring (bicyclic) bond motifs is 1. The fourth-order valence-electron chi connectivity index (χ4n) is 3.49. The Morgan fingerprint density at radius 2 is 2.07 bits per heavy atom. The van der Waals surface area contributed by atoms with Crippen molar-refractivity contribution >= 4 is 21.6 Å². The summed E-state index contributed by atoms with van der Waals surface area (Å²) >= 11 is 0. The number of carbonyl (C=O) groups excluding carboxylic acids is 1. The summed E-state index contributed by atoms with van der Waals surface area (Å²) < 4.78 is 32.4. The molecule has 1 aromatic heterocycles. The summed E-state index contributed by atoms with van der Waals surface area (Å²) in [6.45, 7) is 5.07. The number of amides is 1. The predicted molar refractivity (Wildman–Crippen MR) is 94.4 cm³/mol. The molecule has 4 rings (SSSR count). The molecule has 2 N–H and O–H groups in total. The van der Waals surface area contributed by atoms with Crippen LogP contribution in [0, 0.1) is 6.92 Å². The topological polar surface area (TPSA) is 126 Å². The Morgan fingerprint density at radius 3 is 2.74 bits per heavy atom. The summed E-state index contributed by atoms with van der Waals surface area (Å²) in [7, 11) is -3.86. The number of carbonyl (C=O) groups is 1. The van der Waals surface area contributed by atoms with Gasteiger partial charge in [0.1, 0.15) is 0 Å². The van der Waals surface area contributed by atoms with Crippen molar-refractivity contribution < 1.29 is 22.8 Å². The molecule has 3 heterocycles. The number of aliphatic hydroxyl groups is 1. The van der Waals surface area contributed by atoms with Crippen LogP contribution >= 0.6 is 0 Å². The van der Waals surface area contributed by atoms with E-state index in [0.29, 0.717) is 17.1 Å². The first-order valence-corrected chi connectivity index (χ1v) is 9.97. The zero-order chi connectivity index (χ0) is 19.6. The van der Waals surface area contributed by atoms with Gasteiger partial charge in [0.05, 0.1) is 16.9 Å². The van der Waals surface area contributed by atoms with Crippen LogP contribution in [-0.4, -0.2) is 47.0 Å². The van der Waals surface area contributed by atoms with E-state index >= 15 is 0 Å². The highest BCUT2D eigenvalue weighted by molar-refractivity contribution is 7.89. The Hall–Kier alpha value is -2.30. The Balaban J connectivity index is 1.66. The Kier molecular flexibility index (Phi) is 3.75. The molecule has 0 saturated carbocycles. The number of nitrogens with zero attached hydrogens (tertiary/aromatic N) is 3. The molecule has 1 aromatic carbocycles. The van der Waals surface area contributed by atoms with Gasteiger partial charge < -0.3 is 14.9 Å². The van der Waals surface area contributed by atoms with Gasteiger partial charge >= 0.3 is 0 Å². The van der Waals surface area contributed by atoms with Crippen LogP contribution in [0.25, 0.3) is 0 Å². The molecule has 1 atom stereocenters. The Morgan fingerprint density at radius 1 is 1.33 bits per heavy atom. The fourth-order valence-corrected chi connectivity index (χ4v) is 5.01. The molecule has 9 nitrogen and oxygen atoms in total. The quantitative estimate of drug-likeness (QED) is 0.794. The molecule has 0 bridgehead atoms. The number of benzene rings is 1. The minimum absolute atomic E-state index is 0.0163. The first-order valence-electron chi connectivity index (χ1n) is 8.53. The lowest BCUT2D eigenvalue weighted by atomic mass is 9.86. The summed E-state index contributed by atoms with van der Waals surface area (Å²) in [6.07, 6.45) is 0.157. The Labute approximate surface area is 156 Å². The van der Waals surface area contributed by atoms with Crippen LogP contribution in [0.2, 0.25) is 0 Å². The summed E-state index contributed by atoms with van der Waals surface area (Å²) in [5, 5.41) is 17.2. The number of rotatable bonds is 3. The van der Waals surface area contributed by atoms with Gasteiger partial charge in [-0.1, -0.05) is 5.16 Å². The number of hydrogen-bond acceptors (Lipinski definition) is 7. The second-order valence-corrected chi connectivity index (χ2v) is 9.49. The highest BCUT2D eigenvalue weighted by Gasteiger charge is 2.47. The third kappa shape index (κ3) is 2.67. The van der Waals surface area contributed by atoms with E-state index in [0.717, 1.165) is 0 Å². The molecule has 1 saturated heterocycles. The zero-order valence-electron chi connectivity index (χ0n) is 15.2. The van der Waals surface area contributed by atoms with Crippen molar-refractivity contribution in [3.05, 3.63) is 35.5 Å². The van der Waals surface area contributed by atoms with Crippen molar-refractivity contribution in [2.24, 2.45) is 0 Å². The van der Waals surface area contributed by atoms with E-state index in [2.05, 4.69) is 15.5 Å². The molecule has 0 aliphatic carbocycles. The predicted octanol–water partition coefficient (Wildman–Crippen LogP) is 0.890. The van der Waals surface area contributed by atoms with Crippen molar-refractivity contribution in [2.75, 3.05) is 18.4 Å². The first-order chi connectivity index (χ1) is 12.5. The molecule has 144 valence electrons. The van der Waals surface area contributed by atoms with Crippen LogP contribution < -0.4 is 5.32 Å². The standard InChI is InChI=1S/C17H20N4O5S/c1-10-18-15(26-20-10)17(23)6-7-21(9-17)27(24,25)11-4-5-13-12(8-11)16(2,3)14(22)19-13/h4-5,8,23H,6-7,9H2,1-3H3,(H,19,22)/t17-/m0/s1. The van der Waals surface area contributed by atoms with E-state index in [1.807, 2.05) is 0 Å². The average molecular weight is 392 g/mol. The zero-order valence-corrected chi connectivity index (χ0v) is 16.0. The van der Waals surface area contributed by atoms with Crippen LogP contribution in [0.4, 0.5) is 5.69 Å². The molecule has 27 heavy (non-hydrogen) atoms. The van der Waals surface area contributed by atoms with Gasteiger partial charge in [0.25, 0.3) is 5.89 Å². The van der Waals surface area contributed by atoms with E-state index in [1.54, 1.807) is 26.8 Å². The summed E-state index contributed by atoms with van der Waals surface area (Å²) in [5.41, 5.74) is -1.07. The molecular formula is C17H20N4O5S. The molecule has 2 aliphatic rings. The highest BCUT2D eigenvalue weighted by Crippen LogP contribution is 2.40. The number of nitrogens with one attached hydrogen (secondary N) is 1. The van der Waals surface area contributed by atoms with Crippen molar-refractivity contribution in [2.45, 2.75) is 43.1 Å². The lowest BCUT2D eigenvalue weighted by Crippen LogP contribution is -2.34. The van der Waals surface area contributed by atoms with Crippen molar-refractivity contribution in [3.8, 4) is 0 Å². The minimum atomic E-state index is -3.86. The molecular weight excluding hydrogens is 372 g/mol. The molecule has 2 aromatic rings. The third-order valence-electron chi connectivity index (χ3n) is 5.26. The maximum atomic E-state index is 13.1. The van der Waals surface area contributed by atoms with E-state index in [-0.39, 0.29) is 36.2 Å². The van der Waals surface area contributed by atoms with Gasteiger partial charge in [0.2, 0.25) is 15.9 Å². The van der Waals surface area contributed by atoms with E-state index in [1.165, 1.54) is 16.4 Å². The number of aromatic nitrogens is 2. The van der Waals surface area contributed by atoms with Gasteiger partial charge in [-0.15, -0.1) is 0 Å². The Bertz CT molecular complexity index is 1050. The van der Waals surface area contributed by atoms with Gasteiger partial charge in [-0.05, 0) is 44.5 Å². The minimum Gasteiger partial charge on any atom is -0.379 e. The number of hydrogen-bond donors (Lipinski definition) is 2. The van der Waals surface area contributed by atoms with Crippen LogP contribution in [-0.2, 0) is 25.8 Å². The van der Waals surface area contributed by atoms with Gasteiger partial charge in [0.15, 0.2) is 11.4 Å². The first kappa shape index (κ1) is 18.1. The largest absolute Gasteiger partial charge is 0.379 e. The van der Waals surface area contributed by atoms with Gasteiger partial charge in [-0.25, -0.2) is 8.42 Å². The van der Waals surface area contributed by atoms with Crippen molar-refractivity contribution in [1.82, 2.24) is 14.4 Å². The monoisotopic (exact) mass is 392 g/mol. The molecule has 2 aliphatic heterocycles. The molecule has 1 fully saturated rings. The summed E-state index contributed by atoms with van der Waals surface area (Å²) in [5.74, 6) is 0.217. The number of anilines is 1. The van der Waals surface area contributed by atoms with Crippen LogP contribution in [0.5, 0.6) is 0 Å². The highest BCUT2D eigenvalue weighted by atomic mass is 32.2. The maximum absolute atomic E-state index is 13.1. The number of aryl methyl sites for hydroxylation is 1. The SMILES string of the molecule is Cc1noc([C@]2(O)CCN(S(=O)(=O)c3ccc4c(c3)C(C)(C)C(=O)N4)C2)n1. The average Bonchev–Trinajstić information content (AvgIpc) is 3.27. The van der Waals surface area contributed by atoms with Gasteiger partial charge in [0, 0.05) is 18.7 Å². The normalized spacial score (nSPS) is 24.8. The lowest BCUT2D eigenvalue weighted by molar-refractivity contribution is -0.119. The molecule has 1 amide bonds. The second-order valence-electron chi connectivity index (χ2n) is 7.55. The molecule has 0 spiro atoms. The van der Waals surface area contributed by atoms with Crippen molar-refractivity contribution in [1.29, 1.82) is 0 Å². The summed E-state index contributed by atoms with van der Waals surface area (Å²) in [6, 6.07) is 4.58. The van der Waals surface area contributed by atoms with Crippen LogP contribution in [0.3, 0.4) is 0 Å². The smallest absolute Gasteiger partial charge is 0.260 e. The fraction of sp³-hybridized carbons (Fsp3) is 0.471. The van der Waals surface area contributed by atoms with Crippen LogP contribution in [0.15, 0.2) is 27.6 Å². The van der Waals surface area contributed by atoms with Gasteiger partial charge in [-0.2, -0.15) is 9.29 Å². The molecule has 0 unspecified atom stereocenters. The van der Waals surface area contributed by atoms with Gasteiger partial charge in [-0.3, -0.25) is 4.79 Å². The van der Waals surface area contributed by atoms with E-state index in [4.69, 9.17) is 4.52 Å². The third-order valence-corrected chi connectivity index (χ3v) is 7.10. The summed E-state index contributed by atoms with van der Waals surface area (Å²) in [4.78, 5) is 16.2. The molecule has 0 radical (unpaired) electrons. The number of sulfonamides is 1. The van der Waals surface area contributed by atoms with Crippen molar-refractivity contribution in [3.63, 3.8) is 0 Å². The lowest BCUT2D eigenvalue weighted by Gasteiger charge is -2.21. The number of β-amino-alcohol motifs (C(OH)–C–C–N with tert-alkyl or cyclic N) is 1. The maximum Gasteiger partial charge on any atom is 0.260 e. The van der Waals surface area contributed by atoms with E-state index < -0.39 is 21.0 Å². The van der Waals surface area contributed by atoms with E-state index in [9.17, 15) is 18.3 Å². The van der Waals surface area contributed by atoms with Crippen LogP contribution in [0.1, 0.15) is 37.5 Å². The second kappa shape index (κ2) is 5.60. The molecule has 10 heteroatoms.